The van der Waals surface area contributed by atoms with Crippen molar-refractivity contribution in [2.24, 2.45) is 5.92 Å². The summed E-state index contributed by atoms with van der Waals surface area (Å²) in [5, 5.41) is 2.96. The van der Waals surface area contributed by atoms with E-state index in [4.69, 9.17) is 0 Å². The SMILES string of the molecule is CN1CCN(C(=O)c2ccc(NC(=O)C3CC3)cc2N2CCCC2)C(c2ccccc2C(F)(F)F)C1. The maximum Gasteiger partial charge on any atom is 0.416 e. The lowest BCUT2D eigenvalue weighted by molar-refractivity contribution is -0.139. The predicted octanol–water partition coefficient (Wildman–Crippen LogP) is 4.78. The molecular formula is C27H31F3N4O2. The minimum absolute atomic E-state index is 0.00987. The number of hydrogen-bond acceptors (Lipinski definition) is 4. The standard InChI is InChI=1S/C27H31F3N4O2/c1-32-14-15-34(24(17-32)20-6-2-3-7-22(20)27(28,29)30)26(36)21-11-10-19(31-25(35)18-8-9-18)16-23(21)33-12-4-5-13-33/h2-3,6-7,10-11,16,18,24H,4-5,8-9,12-15,17H2,1H3,(H,31,35). The van der Waals surface area contributed by atoms with Gasteiger partial charge >= 0.3 is 6.18 Å². The summed E-state index contributed by atoms with van der Waals surface area (Å²) in [6, 6.07) is 10.1. The first-order chi connectivity index (χ1) is 17.2. The topological polar surface area (TPSA) is 55.9 Å². The number of rotatable bonds is 5. The molecule has 1 unspecified atom stereocenters. The second-order valence-corrected chi connectivity index (χ2v) is 10.1. The van der Waals surface area contributed by atoms with Crippen molar-refractivity contribution < 1.29 is 22.8 Å². The van der Waals surface area contributed by atoms with E-state index in [9.17, 15) is 22.8 Å². The van der Waals surface area contributed by atoms with Gasteiger partial charge in [-0.2, -0.15) is 13.2 Å². The fraction of sp³-hybridized carbons (Fsp3) is 0.481. The van der Waals surface area contributed by atoms with Gasteiger partial charge in [0.1, 0.15) is 0 Å². The first-order valence-electron chi connectivity index (χ1n) is 12.6. The highest BCUT2D eigenvalue weighted by atomic mass is 19.4. The van der Waals surface area contributed by atoms with Gasteiger partial charge in [0, 0.05) is 44.3 Å². The molecule has 0 bridgehead atoms. The van der Waals surface area contributed by atoms with Crippen molar-refractivity contribution in [3.05, 3.63) is 59.2 Å². The van der Waals surface area contributed by atoms with Crippen molar-refractivity contribution >= 4 is 23.2 Å². The molecule has 2 amide bonds. The lowest BCUT2D eigenvalue weighted by Crippen LogP contribution is -2.50. The Hall–Kier alpha value is -3.07. The van der Waals surface area contributed by atoms with Crippen LogP contribution in [-0.4, -0.2) is 61.4 Å². The van der Waals surface area contributed by atoms with E-state index >= 15 is 0 Å². The second-order valence-electron chi connectivity index (χ2n) is 10.1. The molecule has 2 saturated heterocycles. The summed E-state index contributed by atoms with van der Waals surface area (Å²) >= 11 is 0. The summed E-state index contributed by atoms with van der Waals surface area (Å²) in [6.07, 6.45) is -0.717. The number of benzene rings is 2. The Bertz CT molecular complexity index is 1140. The highest BCUT2D eigenvalue weighted by Crippen LogP contribution is 2.39. The molecule has 0 aromatic heterocycles. The first kappa shape index (κ1) is 24.6. The molecular weight excluding hydrogens is 469 g/mol. The maximum atomic E-state index is 14.0. The van der Waals surface area contributed by atoms with Crippen LogP contribution in [0.25, 0.3) is 0 Å². The minimum Gasteiger partial charge on any atom is -0.371 e. The molecule has 0 spiro atoms. The predicted molar refractivity (Wildman–Crippen MR) is 132 cm³/mol. The third-order valence-electron chi connectivity index (χ3n) is 7.36. The van der Waals surface area contributed by atoms with Gasteiger partial charge in [0.2, 0.25) is 5.91 Å². The van der Waals surface area contributed by atoms with E-state index < -0.39 is 17.8 Å². The number of halogens is 3. The van der Waals surface area contributed by atoms with Crippen LogP contribution in [0.1, 0.15) is 53.2 Å². The average molecular weight is 501 g/mol. The van der Waals surface area contributed by atoms with Crippen LogP contribution in [0.5, 0.6) is 0 Å². The van der Waals surface area contributed by atoms with E-state index in [0.717, 1.165) is 50.5 Å². The number of piperazine rings is 1. The third-order valence-corrected chi connectivity index (χ3v) is 7.36. The lowest BCUT2D eigenvalue weighted by atomic mass is 9.95. The van der Waals surface area contributed by atoms with Crippen molar-refractivity contribution in [3.63, 3.8) is 0 Å². The number of likely N-dealkylation sites (N-methyl/N-ethyl adjacent to an activating group) is 1. The van der Waals surface area contributed by atoms with Crippen LogP contribution in [0, 0.1) is 5.92 Å². The van der Waals surface area contributed by atoms with Gasteiger partial charge in [-0.3, -0.25) is 9.59 Å². The van der Waals surface area contributed by atoms with E-state index in [0.29, 0.717) is 30.9 Å². The fourth-order valence-corrected chi connectivity index (χ4v) is 5.23. The van der Waals surface area contributed by atoms with Crippen LogP contribution < -0.4 is 10.2 Å². The summed E-state index contributed by atoms with van der Waals surface area (Å²) in [6.45, 7) is 2.80. The van der Waals surface area contributed by atoms with Crippen LogP contribution in [-0.2, 0) is 11.0 Å². The Morgan fingerprint density at radius 3 is 2.39 bits per heavy atom. The van der Waals surface area contributed by atoms with Gasteiger partial charge in [0.05, 0.1) is 22.9 Å². The number of carbonyl (C=O) groups excluding carboxylic acids is 2. The Balaban J connectivity index is 1.50. The number of anilines is 2. The van der Waals surface area contributed by atoms with Crippen LogP contribution in [0.15, 0.2) is 42.5 Å². The van der Waals surface area contributed by atoms with Crippen molar-refractivity contribution in [1.29, 1.82) is 0 Å². The van der Waals surface area contributed by atoms with Gasteiger partial charge in [-0.05, 0) is 62.6 Å². The van der Waals surface area contributed by atoms with Gasteiger partial charge in [0.25, 0.3) is 5.91 Å². The summed E-state index contributed by atoms with van der Waals surface area (Å²) < 4.78 is 41.6. The molecule has 5 rings (SSSR count). The smallest absolute Gasteiger partial charge is 0.371 e. The minimum atomic E-state index is -4.51. The van der Waals surface area contributed by atoms with Gasteiger partial charge < -0.3 is 20.0 Å². The average Bonchev–Trinajstić information content (AvgIpc) is 3.57. The molecule has 9 heteroatoms. The van der Waals surface area contributed by atoms with Crippen molar-refractivity contribution in [2.75, 3.05) is 50.0 Å². The molecule has 1 aliphatic carbocycles. The van der Waals surface area contributed by atoms with Gasteiger partial charge in [-0.1, -0.05) is 18.2 Å². The van der Waals surface area contributed by atoms with E-state index in [1.54, 1.807) is 23.1 Å². The summed E-state index contributed by atoms with van der Waals surface area (Å²) in [4.78, 5) is 32.0. The third kappa shape index (κ3) is 5.07. The fourth-order valence-electron chi connectivity index (χ4n) is 5.23. The summed E-state index contributed by atoms with van der Waals surface area (Å²) in [5.41, 5.74) is 1.23. The van der Waals surface area contributed by atoms with Crippen molar-refractivity contribution in [1.82, 2.24) is 9.80 Å². The van der Waals surface area contributed by atoms with E-state index in [1.165, 1.54) is 12.1 Å². The highest BCUT2D eigenvalue weighted by Gasteiger charge is 2.40. The molecule has 2 aromatic rings. The molecule has 1 atom stereocenters. The van der Waals surface area contributed by atoms with Crippen LogP contribution in [0.4, 0.5) is 24.5 Å². The molecule has 192 valence electrons. The molecule has 2 aliphatic heterocycles. The Morgan fingerprint density at radius 2 is 1.69 bits per heavy atom. The van der Waals surface area contributed by atoms with Crippen LogP contribution in [0.3, 0.4) is 0 Å². The Kier molecular flexibility index (Phi) is 6.68. The van der Waals surface area contributed by atoms with Gasteiger partial charge in [0.15, 0.2) is 0 Å². The quantitative estimate of drug-likeness (QED) is 0.642. The van der Waals surface area contributed by atoms with E-state index in [-0.39, 0.29) is 23.3 Å². The number of amides is 2. The highest BCUT2D eigenvalue weighted by molar-refractivity contribution is 6.02. The van der Waals surface area contributed by atoms with E-state index in [1.807, 2.05) is 18.0 Å². The lowest BCUT2D eigenvalue weighted by Gasteiger charge is -2.41. The molecule has 1 saturated carbocycles. The monoisotopic (exact) mass is 500 g/mol. The van der Waals surface area contributed by atoms with Gasteiger partial charge in [-0.15, -0.1) is 0 Å². The van der Waals surface area contributed by atoms with Crippen molar-refractivity contribution in [2.45, 2.75) is 37.9 Å². The number of nitrogens with zero attached hydrogens (tertiary/aromatic N) is 3. The zero-order valence-corrected chi connectivity index (χ0v) is 20.4. The zero-order valence-electron chi connectivity index (χ0n) is 20.4. The van der Waals surface area contributed by atoms with Crippen LogP contribution >= 0.6 is 0 Å². The summed E-state index contributed by atoms with van der Waals surface area (Å²) in [7, 11) is 1.86. The van der Waals surface area contributed by atoms with Crippen LogP contribution in [0.2, 0.25) is 0 Å². The molecule has 6 nitrogen and oxygen atoms in total. The molecule has 2 heterocycles. The Morgan fingerprint density at radius 1 is 0.972 bits per heavy atom. The number of nitrogens with one attached hydrogen (secondary N) is 1. The number of hydrogen-bond donors (Lipinski definition) is 1. The molecule has 2 aromatic carbocycles. The maximum absolute atomic E-state index is 14.0. The van der Waals surface area contributed by atoms with Crippen molar-refractivity contribution in [3.8, 4) is 0 Å². The zero-order chi connectivity index (χ0) is 25.4. The van der Waals surface area contributed by atoms with E-state index in [2.05, 4.69) is 10.2 Å². The number of alkyl halides is 3. The molecule has 36 heavy (non-hydrogen) atoms. The largest absolute Gasteiger partial charge is 0.416 e. The second kappa shape index (κ2) is 9.76. The molecule has 3 aliphatic rings. The first-order valence-corrected chi connectivity index (χ1v) is 12.6. The molecule has 3 fully saturated rings. The summed E-state index contributed by atoms with van der Waals surface area (Å²) in [5.74, 6) is -0.238. The normalized spacial score (nSPS) is 21.1. The Labute approximate surface area is 209 Å². The van der Waals surface area contributed by atoms with Gasteiger partial charge in [-0.25, -0.2) is 0 Å². The number of carbonyl (C=O) groups is 2. The molecule has 1 N–H and O–H groups in total. The molecule has 0 radical (unpaired) electrons.